The number of sulfonamides is 1. The summed E-state index contributed by atoms with van der Waals surface area (Å²) in [5.41, 5.74) is 7.34. The van der Waals surface area contributed by atoms with Crippen molar-refractivity contribution >= 4 is 21.4 Å². The van der Waals surface area contributed by atoms with Crippen molar-refractivity contribution in [1.29, 1.82) is 0 Å². The molecule has 1 aromatic carbocycles. The average Bonchev–Trinajstić information content (AvgIpc) is 2.98. The van der Waals surface area contributed by atoms with E-state index in [0.717, 1.165) is 31.9 Å². The van der Waals surface area contributed by atoms with E-state index in [1.165, 1.54) is 26.0 Å². The lowest BCUT2D eigenvalue weighted by atomic mass is 10.2. The van der Waals surface area contributed by atoms with Crippen LogP contribution < -0.4 is 15.4 Å². The molecule has 1 fully saturated rings. The number of rotatable bonds is 6. The Morgan fingerprint density at radius 3 is 2.62 bits per heavy atom. The number of nitrogen functional groups attached to an aromatic ring is 1. The summed E-state index contributed by atoms with van der Waals surface area (Å²) in [4.78, 5) is 4.67. The maximum atomic E-state index is 11.9. The van der Waals surface area contributed by atoms with E-state index in [9.17, 15) is 8.42 Å². The molecule has 2 rings (SSSR count). The maximum Gasteiger partial charge on any atom is 0.240 e. The van der Waals surface area contributed by atoms with Crippen LogP contribution >= 0.6 is 0 Å². The first-order valence-corrected chi connectivity index (χ1v) is 8.69. The van der Waals surface area contributed by atoms with Gasteiger partial charge in [-0.3, -0.25) is 0 Å². The van der Waals surface area contributed by atoms with Crippen LogP contribution in [0.15, 0.2) is 23.1 Å². The van der Waals surface area contributed by atoms with Crippen molar-refractivity contribution in [1.82, 2.24) is 9.62 Å². The Hall–Kier alpha value is -1.31. The molecular weight excluding hydrogens is 288 g/mol. The van der Waals surface area contributed by atoms with Crippen molar-refractivity contribution in [2.75, 3.05) is 50.9 Å². The van der Waals surface area contributed by atoms with Gasteiger partial charge in [0.05, 0.1) is 16.3 Å². The van der Waals surface area contributed by atoms with Crippen molar-refractivity contribution in [3.05, 3.63) is 18.2 Å². The molecule has 0 aliphatic carbocycles. The summed E-state index contributed by atoms with van der Waals surface area (Å²) in [6.45, 7) is 4.10. The Kier molecular flexibility index (Phi) is 5.08. The van der Waals surface area contributed by atoms with Gasteiger partial charge < -0.3 is 15.5 Å². The Balaban J connectivity index is 2.12. The number of hydrogen-bond donors (Lipinski definition) is 2. The minimum absolute atomic E-state index is 0.238. The molecule has 1 aliphatic heterocycles. The van der Waals surface area contributed by atoms with E-state index in [2.05, 4.69) is 9.62 Å². The minimum Gasteiger partial charge on any atom is -0.397 e. The molecule has 0 amide bonds. The number of likely N-dealkylation sites (tertiary alicyclic amines) is 1. The summed E-state index contributed by atoms with van der Waals surface area (Å²) in [5, 5.41) is 0. The van der Waals surface area contributed by atoms with Crippen LogP contribution in [0.25, 0.3) is 0 Å². The second-order valence-electron chi connectivity index (χ2n) is 5.40. The topological polar surface area (TPSA) is 78.7 Å². The van der Waals surface area contributed by atoms with Gasteiger partial charge in [0.25, 0.3) is 0 Å². The summed E-state index contributed by atoms with van der Waals surface area (Å²) in [6, 6.07) is 4.80. The average molecular weight is 312 g/mol. The molecule has 1 aromatic rings. The zero-order chi connectivity index (χ0) is 15.5. The van der Waals surface area contributed by atoms with Crippen LogP contribution in [-0.2, 0) is 10.0 Å². The summed E-state index contributed by atoms with van der Waals surface area (Å²) >= 11 is 0. The standard InChI is InChI=1S/C14H24N4O2S/c1-16-21(19,20)12-5-6-13(15)14(11-12)17(2)9-10-18-7-3-4-8-18/h5-6,11,16H,3-4,7-10,15H2,1-2H3. The van der Waals surface area contributed by atoms with Crippen LogP contribution in [0.5, 0.6) is 0 Å². The molecule has 0 saturated carbocycles. The van der Waals surface area contributed by atoms with Crippen molar-refractivity contribution < 1.29 is 8.42 Å². The lowest BCUT2D eigenvalue weighted by Crippen LogP contribution is -2.32. The van der Waals surface area contributed by atoms with E-state index in [1.54, 1.807) is 12.1 Å². The SMILES string of the molecule is CNS(=O)(=O)c1ccc(N)c(N(C)CCN2CCCC2)c1. The smallest absolute Gasteiger partial charge is 0.240 e. The highest BCUT2D eigenvalue weighted by Gasteiger charge is 2.16. The first-order valence-electron chi connectivity index (χ1n) is 7.20. The maximum absolute atomic E-state index is 11.9. The van der Waals surface area contributed by atoms with Crippen molar-refractivity contribution in [3.8, 4) is 0 Å². The molecule has 21 heavy (non-hydrogen) atoms. The summed E-state index contributed by atoms with van der Waals surface area (Å²) in [7, 11) is -0.0970. The fourth-order valence-electron chi connectivity index (χ4n) is 2.56. The molecule has 0 radical (unpaired) electrons. The lowest BCUT2D eigenvalue weighted by Gasteiger charge is -2.24. The van der Waals surface area contributed by atoms with Crippen LogP contribution in [0, 0.1) is 0 Å². The largest absolute Gasteiger partial charge is 0.397 e. The Morgan fingerprint density at radius 2 is 2.00 bits per heavy atom. The van der Waals surface area contributed by atoms with E-state index in [4.69, 9.17) is 5.73 Å². The third kappa shape index (κ3) is 3.87. The fourth-order valence-corrected chi connectivity index (χ4v) is 3.31. The predicted molar refractivity (Wildman–Crippen MR) is 86.0 cm³/mol. The third-order valence-electron chi connectivity index (χ3n) is 3.94. The fraction of sp³-hybridized carbons (Fsp3) is 0.571. The van der Waals surface area contributed by atoms with Gasteiger partial charge in [-0.1, -0.05) is 0 Å². The van der Waals surface area contributed by atoms with Crippen molar-refractivity contribution in [2.24, 2.45) is 0 Å². The highest BCUT2D eigenvalue weighted by molar-refractivity contribution is 7.89. The van der Waals surface area contributed by atoms with Crippen LogP contribution in [-0.4, -0.2) is 53.6 Å². The molecule has 0 aromatic heterocycles. The molecule has 7 heteroatoms. The van der Waals surface area contributed by atoms with Gasteiger partial charge in [0, 0.05) is 20.1 Å². The van der Waals surface area contributed by atoms with Gasteiger partial charge in [0.2, 0.25) is 10.0 Å². The Morgan fingerprint density at radius 1 is 1.33 bits per heavy atom. The number of likely N-dealkylation sites (N-methyl/N-ethyl adjacent to an activating group) is 1. The van der Waals surface area contributed by atoms with Gasteiger partial charge in [-0.15, -0.1) is 0 Å². The van der Waals surface area contributed by atoms with E-state index < -0.39 is 10.0 Å². The normalized spacial score (nSPS) is 16.3. The summed E-state index contributed by atoms with van der Waals surface area (Å²) in [6.07, 6.45) is 2.53. The number of benzene rings is 1. The van der Waals surface area contributed by atoms with Gasteiger partial charge in [-0.2, -0.15) is 0 Å². The minimum atomic E-state index is -3.44. The predicted octanol–water partition coefficient (Wildman–Crippen LogP) is 0.709. The summed E-state index contributed by atoms with van der Waals surface area (Å²) in [5.74, 6) is 0. The molecule has 0 spiro atoms. The monoisotopic (exact) mass is 312 g/mol. The van der Waals surface area contributed by atoms with Gasteiger partial charge in [0.15, 0.2) is 0 Å². The number of anilines is 2. The molecular formula is C14H24N4O2S. The molecule has 0 unspecified atom stereocenters. The molecule has 3 N–H and O–H groups in total. The zero-order valence-corrected chi connectivity index (χ0v) is 13.5. The Bertz CT molecular complexity index is 583. The zero-order valence-electron chi connectivity index (χ0n) is 12.7. The Labute approximate surface area is 127 Å². The van der Waals surface area contributed by atoms with Gasteiger partial charge >= 0.3 is 0 Å². The van der Waals surface area contributed by atoms with Crippen LogP contribution in [0.1, 0.15) is 12.8 Å². The lowest BCUT2D eigenvalue weighted by molar-refractivity contribution is 0.346. The molecule has 0 atom stereocenters. The first-order chi connectivity index (χ1) is 9.94. The molecule has 1 saturated heterocycles. The number of nitrogens with zero attached hydrogens (tertiary/aromatic N) is 2. The molecule has 118 valence electrons. The van der Waals surface area contributed by atoms with Crippen LogP contribution in [0.2, 0.25) is 0 Å². The van der Waals surface area contributed by atoms with Gasteiger partial charge in [0.1, 0.15) is 0 Å². The van der Waals surface area contributed by atoms with E-state index >= 15 is 0 Å². The second-order valence-corrected chi connectivity index (χ2v) is 7.29. The number of nitrogens with two attached hydrogens (primary N) is 1. The quantitative estimate of drug-likeness (QED) is 0.756. The van der Waals surface area contributed by atoms with E-state index in [1.807, 2.05) is 11.9 Å². The van der Waals surface area contributed by atoms with Crippen LogP contribution in [0.4, 0.5) is 11.4 Å². The molecule has 0 bridgehead atoms. The molecule has 1 heterocycles. The second kappa shape index (κ2) is 6.64. The van der Waals surface area contributed by atoms with Gasteiger partial charge in [-0.25, -0.2) is 13.1 Å². The first kappa shape index (κ1) is 16.1. The number of hydrogen-bond acceptors (Lipinski definition) is 5. The van der Waals surface area contributed by atoms with E-state index in [0.29, 0.717) is 5.69 Å². The molecule has 1 aliphatic rings. The third-order valence-corrected chi connectivity index (χ3v) is 5.35. The van der Waals surface area contributed by atoms with Crippen LogP contribution in [0.3, 0.4) is 0 Å². The summed E-state index contributed by atoms with van der Waals surface area (Å²) < 4.78 is 26.1. The highest BCUT2D eigenvalue weighted by atomic mass is 32.2. The molecule has 6 nitrogen and oxygen atoms in total. The van der Waals surface area contributed by atoms with Crippen molar-refractivity contribution in [3.63, 3.8) is 0 Å². The highest BCUT2D eigenvalue weighted by Crippen LogP contribution is 2.25. The van der Waals surface area contributed by atoms with E-state index in [-0.39, 0.29) is 4.90 Å². The van der Waals surface area contributed by atoms with Crippen molar-refractivity contribution in [2.45, 2.75) is 17.7 Å². The number of nitrogens with one attached hydrogen (secondary N) is 1. The van der Waals surface area contributed by atoms with Gasteiger partial charge in [-0.05, 0) is 51.2 Å².